The number of halogens is 3. The number of hydrogen-bond donors (Lipinski definition) is 1. The maximum absolute atomic E-state index is 12.6. The van der Waals surface area contributed by atoms with E-state index in [1.165, 1.54) is 10.4 Å². The standard InChI is InChI=1S/C17H20F3N5O2S/c1-12-9-13(2)22-15(10-12)23-28(26,27)25-7-5-24(6-8-25)16-4-3-14(11-21-16)17(18,19)20/h3-4,9-11H,5-8H2,1-2H3,(H,22,23). The third kappa shape index (κ3) is 4.71. The Bertz CT molecular complexity index is 920. The molecular weight excluding hydrogens is 395 g/mol. The molecule has 0 atom stereocenters. The topological polar surface area (TPSA) is 78.4 Å². The number of aromatic nitrogens is 2. The van der Waals surface area contributed by atoms with Crippen LogP contribution in [0.15, 0.2) is 30.5 Å². The van der Waals surface area contributed by atoms with Gasteiger partial charge in [-0.15, -0.1) is 0 Å². The summed E-state index contributed by atoms with van der Waals surface area (Å²) in [5.74, 6) is 0.637. The zero-order valence-corrected chi connectivity index (χ0v) is 16.2. The number of nitrogens with one attached hydrogen (secondary N) is 1. The summed E-state index contributed by atoms with van der Waals surface area (Å²) in [6.07, 6.45) is -3.65. The molecule has 2 aromatic rings. The van der Waals surface area contributed by atoms with Crippen LogP contribution < -0.4 is 9.62 Å². The summed E-state index contributed by atoms with van der Waals surface area (Å²) in [6.45, 7) is 4.63. The first kappa shape index (κ1) is 20.3. The second-order valence-electron chi connectivity index (χ2n) is 6.57. The molecule has 0 amide bonds. The molecule has 0 radical (unpaired) electrons. The van der Waals surface area contributed by atoms with Gasteiger partial charge in [0, 0.05) is 38.1 Å². The SMILES string of the molecule is Cc1cc(C)nc(NS(=O)(=O)N2CCN(c3ccc(C(F)(F)F)cn3)CC2)c1. The molecule has 3 rings (SSSR count). The van der Waals surface area contributed by atoms with Gasteiger partial charge in [0.25, 0.3) is 0 Å². The van der Waals surface area contributed by atoms with Gasteiger partial charge in [0.15, 0.2) is 0 Å². The number of aryl methyl sites for hydroxylation is 2. The Labute approximate surface area is 161 Å². The third-order valence-electron chi connectivity index (χ3n) is 4.31. The van der Waals surface area contributed by atoms with Crippen molar-refractivity contribution in [3.63, 3.8) is 0 Å². The minimum atomic E-state index is -4.44. The van der Waals surface area contributed by atoms with E-state index in [1.54, 1.807) is 17.9 Å². The van der Waals surface area contributed by atoms with Crippen molar-refractivity contribution in [2.75, 3.05) is 35.8 Å². The number of anilines is 2. The first-order chi connectivity index (χ1) is 13.0. The molecule has 7 nitrogen and oxygen atoms in total. The minimum absolute atomic E-state index is 0.183. The van der Waals surface area contributed by atoms with Crippen molar-refractivity contribution in [2.45, 2.75) is 20.0 Å². The number of piperazine rings is 1. The second-order valence-corrected chi connectivity index (χ2v) is 8.24. The molecule has 28 heavy (non-hydrogen) atoms. The Morgan fingerprint density at radius 2 is 1.75 bits per heavy atom. The van der Waals surface area contributed by atoms with Crippen molar-refractivity contribution in [3.8, 4) is 0 Å². The van der Waals surface area contributed by atoms with E-state index in [1.807, 2.05) is 13.0 Å². The first-order valence-electron chi connectivity index (χ1n) is 8.56. The molecule has 1 fully saturated rings. The summed E-state index contributed by atoms with van der Waals surface area (Å²) >= 11 is 0. The Hall–Kier alpha value is -2.40. The van der Waals surface area contributed by atoms with Crippen molar-refractivity contribution >= 4 is 21.8 Å². The van der Waals surface area contributed by atoms with Crippen LogP contribution in [0.3, 0.4) is 0 Å². The van der Waals surface area contributed by atoms with Gasteiger partial charge in [0.05, 0.1) is 5.56 Å². The van der Waals surface area contributed by atoms with E-state index in [9.17, 15) is 21.6 Å². The van der Waals surface area contributed by atoms with Gasteiger partial charge in [-0.05, 0) is 43.7 Å². The van der Waals surface area contributed by atoms with Gasteiger partial charge in [-0.2, -0.15) is 25.9 Å². The van der Waals surface area contributed by atoms with Crippen LogP contribution in [0, 0.1) is 13.8 Å². The molecule has 1 N–H and O–H groups in total. The van der Waals surface area contributed by atoms with Crippen LogP contribution in [0.5, 0.6) is 0 Å². The molecule has 0 aromatic carbocycles. The van der Waals surface area contributed by atoms with Crippen molar-refractivity contribution in [3.05, 3.63) is 47.3 Å². The highest BCUT2D eigenvalue weighted by Crippen LogP contribution is 2.29. The third-order valence-corrected chi connectivity index (χ3v) is 5.82. The van der Waals surface area contributed by atoms with Crippen LogP contribution in [0.25, 0.3) is 0 Å². The molecule has 1 aliphatic rings. The van der Waals surface area contributed by atoms with Gasteiger partial charge in [0.2, 0.25) is 0 Å². The maximum atomic E-state index is 12.6. The van der Waals surface area contributed by atoms with Crippen LogP contribution in [0.1, 0.15) is 16.8 Å². The summed E-state index contributed by atoms with van der Waals surface area (Å²) in [6, 6.07) is 5.75. The molecule has 1 aliphatic heterocycles. The second kappa shape index (κ2) is 7.55. The molecule has 152 valence electrons. The van der Waals surface area contributed by atoms with E-state index < -0.39 is 21.9 Å². The molecule has 3 heterocycles. The minimum Gasteiger partial charge on any atom is -0.354 e. The van der Waals surface area contributed by atoms with Gasteiger partial charge in [-0.25, -0.2) is 9.97 Å². The van der Waals surface area contributed by atoms with Crippen molar-refractivity contribution in [1.29, 1.82) is 0 Å². The zero-order valence-electron chi connectivity index (χ0n) is 15.4. The number of nitrogens with zero attached hydrogens (tertiary/aromatic N) is 4. The number of alkyl halides is 3. The molecule has 0 unspecified atom stereocenters. The lowest BCUT2D eigenvalue weighted by Crippen LogP contribution is -2.50. The Kier molecular flexibility index (Phi) is 5.48. The molecule has 11 heteroatoms. The molecule has 2 aromatic heterocycles. The Morgan fingerprint density at radius 1 is 1.07 bits per heavy atom. The Balaban J connectivity index is 1.64. The van der Waals surface area contributed by atoms with E-state index >= 15 is 0 Å². The fourth-order valence-electron chi connectivity index (χ4n) is 2.99. The van der Waals surface area contributed by atoms with Crippen LogP contribution in [0.4, 0.5) is 24.8 Å². The van der Waals surface area contributed by atoms with Crippen molar-refractivity contribution in [2.24, 2.45) is 0 Å². The monoisotopic (exact) mass is 415 g/mol. The smallest absolute Gasteiger partial charge is 0.354 e. The number of rotatable bonds is 4. The average molecular weight is 415 g/mol. The summed E-state index contributed by atoms with van der Waals surface area (Å²) in [7, 11) is -3.78. The summed E-state index contributed by atoms with van der Waals surface area (Å²) in [4.78, 5) is 9.78. The van der Waals surface area contributed by atoms with Gasteiger partial charge in [-0.1, -0.05) is 0 Å². The molecule has 0 aliphatic carbocycles. The number of pyridine rings is 2. The average Bonchev–Trinajstić information content (AvgIpc) is 2.60. The lowest BCUT2D eigenvalue weighted by Gasteiger charge is -2.34. The normalized spacial score (nSPS) is 16.2. The largest absolute Gasteiger partial charge is 0.417 e. The molecule has 1 saturated heterocycles. The summed E-state index contributed by atoms with van der Waals surface area (Å²) in [5.41, 5.74) is 0.780. The van der Waals surface area contributed by atoms with E-state index in [0.29, 0.717) is 24.6 Å². The number of hydrogen-bond acceptors (Lipinski definition) is 5. The maximum Gasteiger partial charge on any atom is 0.417 e. The van der Waals surface area contributed by atoms with E-state index in [2.05, 4.69) is 14.7 Å². The predicted molar refractivity (Wildman–Crippen MR) is 99.3 cm³/mol. The van der Waals surface area contributed by atoms with Crippen molar-refractivity contribution < 1.29 is 21.6 Å². The lowest BCUT2D eigenvalue weighted by molar-refractivity contribution is -0.137. The van der Waals surface area contributed by atoms with E-state index in [4.69, 9.17) is 0 Å². The van der Waals surface area contributed by atoms with Gasteiger partial charge in [-0.3, -0.25) is 4.72 Å². The summed E-state index contributed by atoms with van der Waals surface area (Å²) in [5, 5.41) is 0. The molecule has 0 bridgehead atoms. The molecular formula is C17H20F3N5O2S. The quantitative estimate of drug-likeness (QED) is 0.831. The highest BCUT2D eigenvalue weighted by Gasteiger charge is 2.32. The fourth-order valence-corrected chi connectivity index (χ4v) is 4.13. The van der Waals surface area contributed by atoms with Crippen LogP contribution in [-0.2, 0) is 16.4 Å². The Morgan fingerprint density at radius 3 is 2.29 bits per heavy atom. The summed E-state index contributed by atoms with van der Waals surface area (Å²) < 4.78 is 66.8. The first-order valence-corrected chi connectivity index (χ1v) is 10.00. The van der Waals surface area contributed by atoms with Gasteiger partial charge >= 0.3 is 16.4 Å². The van der Waals surface area contributed by atoms with Gasteiger partial charge in [0.1, 0.15) is 11.6 Å². The van der Waals surface area contributed by atoms with Crippen LogP contribution in [0.2, 0.25) is 0 Å². The van der Waals surface area contributed by atoms with E-state index in [0.717, 1.165) is 17.8 Å². The fraction of sp³-hybridized carbons (Fsp3) is 0.412. The molecule has 0 saturated carbocycles. The highest BCUT2D eigenvalue weighted by molar-refractivity contribution is 7.90. The van der Waals surface area contributed by atoms with Gasteiger partial charge < -0.3 is 4.90 Å². The zero-order chi connectivity index (χ0) is 20.5. The predicted octanol–water partition coefficient (Wildman–Crippen LogP) is 2.59. The van der Waals surface area contributed by atoms with Crippen molar-refractivity contribution in [1.82, 2.24) is 14.3 Å². The van der Waals surface area contributed by atoms with Crippen LogP contribution in [-0.4, -0.2) is 48.9 Å². The molecule has 0 spiro atoms. The highest BCUT2D eigenvalue weighted by atomic mass is 32.2. The lowest BCUT2D eigenvalue weighted by atomic mass is 10.2. The van der Waals surface area contributed by atoms with Crippen LogP contribution >= 0.6 is 0 Å². The van der Waals surface area contributed by atoms with E-state index in [-0.39, 0.29) is 18.9 Å².